The van der Waals surface area contributed by atoms with E-state index >= 15 is 0 Å². The molecule has 1 atom stereocenters. The summed E-state index contributed by atoms with van der Waals surface area (Å²) >= 11 is 0. The lowest BCUT2D eigenvalue weighted by molar-refractivity contribution is 0.0601. The number of methoxy groups -OCH3 is 1. The summed E-state index contributed by atoms with van der Waals surface area (Å²) in [6.07, 6.45) is 2.08. The van der Waals surface area contributed by atoms with E-state index in [1.165, 1.54) is 7.11 Å². The van der Waals surface area contributed by atoms with E-state index in [1.54, 1.807) is 18.2 Å². The van der Waals surface area contributed by atoms with Crippen LogP contribution in [0.4, 0.5) is 11.4 Å². The first-order chi connectivity index (χ1) is 8.70. The van der Waals surface area contributed by atoms with Crippen molar-refractivity contribution < 1.29 is 14.3 Å². The van der Waals surface area contributed by atoms with Crippen molar-refractivity contribution in [1.29, 1.82) is 0 Å². The topological polar surface area (TPSA) is 73.6 Å². The van der Waals surface area contributed by atoms with Crippen LogP contribution in [0.3, 0.4) is 0 Å². The lowest BCUT2D eigenvalue weighted by Crippen LogP contribution is -2.30. The number of nitrogens with two attached hydrogens (primary N) is 1. The summed E-state index contributed by atoms with van der Waals surface area (Å²) in [5, 5.41) is 3.31. The Labute approximate surface area is 106 Å². The smallest absolute Gasteiger partial charge is 0.337 e. The van der Waals surface area contributed by atoms with Gasteiger partial charge >= 0.3 is 5.97 Å². The minimum atomic E-state index is -0.363. The lowest BCUT2D eigenvalue weighted by atomic mass is 10.1. The number of nitrogens with one attached hydrogen (secondary N) is 1. The van der Waals surface area contributed by atoms with Crippen LogP contribution in [-0.4, -0.2) is 32.3 Å². The molecule has 1 aromatic carbocycles. The zero-order chi connectivity index (χ0) is 13.0. The van der Waals surface area contributed by atoms with Crippen LogP contribution in [0.5, 0.6) is 0 Å². The van der Waals surface area contributed by atoms with E-state index in [0.717, 1.165) is 25.1 Å². The number of nitrogen functional groups attached to an aromatic ring is 1. The Balaban J connectivity index is 2.12. The van der Waals surface area contributed by atoms with Crippen molar-refractivity contribution in [3.63, 3.8) is 0 Å². The molecule has 0 radical (unpaired) electrons. The van der Waals surface area contributed by atoms with E-state index in [4.69, 9.17) is 10.5 Å². The molecule has 0 bridgehead atoms. The van der Waals surface area contributed by atoms with Gasteiger partial charge in [0, 0.05) is 12.6 Å². The SMILES string of the molecule is COC(=O)c1ccc(N)c(N[C@@H]2CCCOC2)c1. The molecule has 1 heterocycles. The second kappa shape index (κ2) is 5.73. The lowest BCUT2D eigenvalue weighted by Gasteiger charge is -2.25. The Morgan fingerprint density at radius 1 is 1.56 bits per heavy atom. The molecule has 98 valence electrons. The van der Waals surface area contributed by atoms with Crippen molar-refractivity contribution >= 4 is 17.3 Å². The van der Waals surface area contributed by atoms with Crippen molar-refractivity contribution in [3.8, 4) is 0 Å². The number of rotatable bonds is 3. The van der Waals surface area contributed by atoms with Gasteiger partial charge in [0.25, 0.3) is 0 Å². The van der Waals surface area contributed by atoms with Gasteiger partial charge in [0.15, 0.2) is 0 Å². The Bertz CT molecular complexity index is 428. The van der Waals surface area contributed by atoms with E-state index in [9.17, 15) is 4.79 Å². The van der Waals surface area contributed by atoms with Crippen LogP contribution in [0.25, 0.3) is 0 Å². The largest absolute Gasteiger partial charge is 0.465 e. The van der Waals surface area contributed by atoms with Gasteiger partial charge in [-0.1, -0.05) is 0 Å². The second-order valence-electron chi connectivity index (χ2n) is 4.35. The molecule has 0 aliphatic carbocycles. The molecule has 3 N–H and O–H groups in total. The third-order valence-electron chi connectivity index (χ3n) is 2.99. The first-order valence-electron chi connectivity index (χ1n) is 6.03. The van der Waals surface area contributed by atoms with E-state index < -0.39 is 0 Å². The number of esters is 1. The summed E-state index contributed by atoms with van der Waals surface area (Å²) in [6, 6.07) is 5.33. The van der Waals surface area contributed by atoms with Gasteiger partial charge in [0.1, 0.15) is 0 Å². The van der Waals surface area contributed by atoms with Gasteiger partial charge in [-0.3, -0.25) is 0 Å². The molecule has 1 fully saturated rings. The zero-order valence-electron chi connectivity index (χ0n) is 10.4. The predicted molar refractivity (Wildman–Crippen MR) is 69.7 cm³/mol. The highest BCUT2D eigenvalue weighted by molar-refractivity contribution is 5.91. The monoisotopic (exact) mass is 250 g/mol. The molecule has 0 amide bonds. The van der Waals surface area contributed by atoms with Gasteiger partial charge in [0.2, 0.25) is 0 Å². The van der Waals surface area contributed by atoms with Crippen LogP contribution in [0.2, 0.25) is 0 Å². The van der Waals surface area contributed by atoms with Crippen molar-refractivity contribution in [1.82, 2.24) is 0 Å². The average molecular weight is 250 g/mol. The summed E-state index contributed by atoms with van der Waals surface area (Å²) in [6.45, 7) is 1.48. The molecule has 18 heavy (non-hydrogen) atoms. The average Bonchev–Trinajstić information content (AvgIpc) is 2.41. The Morgan fingerprint density at radius 3 is 3.06 bits per heavy atom. The summed E-state index contributed by atoms with van der Waals surface area (Å²) in [5.74, 6) is -0.363. The summed E-state index contributed by atoms with van der Waals surface area (Å²) in [5.41, 5.74) is 7.76. The molecule has 0 spiro atoms. The van der Waals surface area contributed by atoms with Crippen LogP contribution in [-0.2, 0) is 9.47 Å². The standard InChI is InChI=1S/C13H18N2O3/c1-17-13(16)9-4-5-11(14)12(7-9)15-10-3-2-6-18-8-10/h4-5,7,10,15H,2-3,6,8,14H2,1H3/t10-/m1/s1. The van der Waals surface area contributed by atoms with Crippen LogP contribution in [0, 0.1) is 0 Å². The van der Waals surface area contributed by atoms with Gasteiger partial charge in [-0.25, -0.2) is 4.79 Å². The maximum absolute atomic E-state index is 11.5. The van der Waals surface area contributed by atoms with E-state index in [1.807, 2.05) is 0 Å². The molecule has 0 unspecified atom stereocenters. The van der Waals surface area contributed by atoms with Crippen molar-refractivity contribution in [3.05, 3.63) is 23.8 Å². The quantitative estimate of drug-likeness (QED) is 0.630. The molecular formula is C13H18N2O3. The molecule has 1 saturated heterocycles. The van der Waals surface area contributed by atoms with Crippen LogP contribution in [0.15, 0.2) is 18.2 Å². The zero-order valence-corrected chi connectivity index (χ0v) is 10.4. The minimum Gasteiger partial charge on any atom is -0.465 e. The van der Waals surface area contributed by atoms with E-state index in [-0.39, 0.29) is 12.0 Å². The molecule has 5 nitrogen and oxygen atoms in total. The predicted octanol–water partition coefficient (Wildman–Crippen LogP) is 1.65. The van der Waals surface area contributed by atoms with Gasteiger partial charge < -0.3 is 20.5 Å². The molecule has 5 heteroatoms. The molecule has 0 aromatic heterocycles. The highest BCUT2D eigenvalue weighted by atomic mass is 16.5. The van der Waals surface area contributed by atoms with Crippen molar-refractivity contribution in [2.24, 2.45) is 0 Å². The first-order valence-corrected chi connectivity index (χ1v) is 6.03. The highest BCUT2D eigenvalue weighted by Gasteiger charge is 2.15. The molecule has 1 aliphatic rings. The fourth-order valence-corrected chi connectivity index (χ4v) is 2.00. The maximum atomic E-state index is 11.5. The third kappa shape index (κ3) is 2.92. The van der Waals surface area contributed by atoms with Gasteiger partial charge in [-0.05, 0) is 31.0 Å². The Morgan fingerprint density at radius 2 is 2.39 bits per heavy atom. The number of carbonyl (C=O) groups excluding carboxylic acids is 1. The third-order valence-corrected chi connectivity index (χ3v) is 2.99. The summed E-state index contributed by atoms with van der Waals surface area (Å²) in [7, 11) is 1.36. The molecule has 1 aliphatic heterocycles. The number of hydrogen-bond acceptors (Lipinski definition) is 5. The normalized spacial score (nSPS) is 19.3. The van der Waals surface area contributed by atoms with E-state index in [0.29, 0.717) is 17.9 Å². The number of benzene rings is 1. The molecule has 0 saturated carbocycles. The van der Waals surface area contributed by atoms with Gasteiger partial charge in [-0.2, -0.15) is 0 Å². The first kappa shape index (κ1) is 12.7. The van der Waals surface area contributed by atoms with Crippen molar-refractivity contribution in [2.45, 2.75) is 18.9 Å². The van der Waals surface area contributed by atoms with Gasteiger partial charge in [0.05, 0.1) is 30.7 Å². The van der Waals surface area contributed by atoms with Crippen LogP contribution in [0.1, 0.15) is 23.2 Å². The van der Waals surface area contributed by atoms with Gasteiger partial charge in [-0.15, -0.1) is 0 Å². The number of carbonyl (C=O) groups is 1. The highest BCUT2D eigenvalue weighted by Crippen LogP contribution is 2.23. The fourth-order valence-electron chi connectivity index (χ4n) is 2.00. The number of anilines is 2. The maximum Gasteiger partial charge on any atom is 0.337 e. The summed E-state index contributed by atoms with van der Waals surface area (Å²) < 4.78 is 10.1. The van der Waals surface area contributed by atoms with E-state index in [2.05, 4.69) is 10.1 Å². The van der Waals surface area contributed by atoms with Crippen molar-refractivity contribution in [2.75, 3.05) is 31.4 Å². The van der Waals surface area contributed by atoms with Crippen LogP contribution >= 0.6 is 0 Å². The van der Waals surface area contributed by atoms with Crippen LogP contribution < -0.4 is 11.1 Å². The Hall–Kier alpha value is -1.75. The summed E-state index contributed by atoms with van der Waals surface area (Å²) in [4.78, 5) is 11.5. The molecule has 2 rings (SSSR count). The molecular weight excluding hydrogens is 232 g/mol. The fraction of sp³-hybridized carbons (Fsp3) is 0.462. The molecule has 1 aromatic rings. The second-order valence-corrected chi connectivity index (χ2v) is 4.35. The Kier molecular flexibility index (Phi) is 4.04. The number of hydrogen-bond donors (Lipinski definition) is 2. The number of ether oxygens (including phenoxy) is 2. The minimum absolute atomic E-state index is 0.244.